The van der Waals surface area contributed by atoms with Gasteiger partial charge >= 0.3 is 0 Å². The third-order valence-corrected chi connectivity index (χ3v) is 3.59. The number of aryl methyl sites for hydroxylation is 1. The third kappa shape index (κ3) is 3.41. The van der Waals surface area contributed by atoms with E-state index < -0.39 is 0 Å². The van der Waals surface area contributed by atoms with Crippen molar-refractivity contribution >= 4 is 50.1 Å². The lowest BCUT2D eigenvalue weighted by Gasteiger charge is -2.05. The van der Waals surface area contributed by atoms with Crippen LogP contribution in [-0.4, -0.2) is 11.4 Å². The molecule has 0 heterocycles. The topological polar surface area (TPSA) is 48.2 Å². The van der Waals surface area contributed by atoms with Crippen molar-refractivity contribution in [2.24, 2.45) is 4.99 Å². The Balaban J connectivity index is 3.14. The predicted molar refractivity (Wildman–Crippen MR) is 73.2 cm³/mol. The van der Waals surface area contributed by atoms with Crippen LogP contribution in [0.5, 0.6) is 0 Å². The zero-order chi connectivity index (χ0) is 12.1. The van der Waals surface area contributed by atoms with Crippen molar-refractivity contribution in [3.05, 3.63) is 27.2 Å². The first-order valence-electron chi connectivity index (χ1n) is 4.32. The van der Waals surface area contributed by atoms with E-state index in [0.717, 1.165) is 15.7 Å². The van der Waals surface area contributed by atoms with Gasteiger partial charge in [0.25, 0.3) is 0 Å². The van der Waals surface area contributed by atoms with E-state index >= 15 is 0 Å². The summed E-state index contributed by atoms with van der Waals surface area (Å²) in [7, 11) is 0. The van der Waals surface area contributed by atoms with Gasteiger partial charge in [0.05, 0.1) is 10.7 Å². The number of thioether (sulfide) groups is 1. The fourth-order valence-electron chi connectivity index (χ4n) is 1.04. The van der Waals surface area contributed by atoms with Crippen LogP contribution >= 0.6 is 39.3 Å². The van der Waals surface area contributed by atoms with Crippen LogP contribution in [0.4, 0.5) is 5.69 Å². The number of hydrogen-bond acceptors (Lipinski definition) is 3. The molecule has 0 aliphatic carbocycles. The van der Waals surface area contributed by atoms with Crippen molar-refractivity contribution in [1.29, 1.82) is 5.26 Å². The number of rotatable bonds is 1. The largest absolute Gasteiger partial charge is 0.271 e. The van der Waals surface area contributed by atoms with Crippen LogP contribution in [0.1, 0.15) is 5.56 Å². The molecule has 0 fully saturated rings. The quantitative estimate of drug-likeness (QED) is 0.370. The molecule has 0 saturated carbocycles. The number of benzene rings is 1. The summed E-state index contributed by atoms with van der Waals surface area (Å²) >= 11 is 10.7. The van der Waals surface area contributed by atoms with Gasteiger partial charge in [-0.05, 0) is 46.8 Å². The van der Waals surface area contributed by atoms with Crippen LogP contribution in [-0.2, 0) is 0 Å². The Morgan fingerprint density at radius 2 is 2.31 bits per heavy atom. The first kappa shape index (κ1) is 13.4. The van der Waals surface area contributed by atoms with Crippen molar-refractivity contribution in [2.45, 2.75) is 6.92 Å². The maximum atomic E-state index is 8.52. The van der Waals surface area contributed by atoms with E-state index in [1.54, 1.807) is 6.07 Å². The molecular formula is C10H9BrClN3S. The molecule has 3 nitrogen and oxygen atoms in total. The van der Waals surface area contributed by atoms with E-state index in [4.69, 9.17) is 16.9 Å². The number of nitrogens with zero attached hydrogens (tertiary/aromatic N) is 2. The highest BCUT2D eigenvalue weighted by Gasteiger charge is 2.04. The molecule has 0 spiro atoms. The Morgan fingerprint density at radius 3 is 2.88 bits per heavy atom. The number of hydrogen-bond donors (Lipinski definition) is 1. The number of nitriles is 1. The summed E-state index contributed by atoms with van der Waals surface area (Å²) in [6, 6.07) is 3.65. The summed E-state index contributed by atoms with van der Waals surface area (Å²) in [6.45, 7) is 1.93. The van der Waals surface area contributed by atoms with Crippen LogP contribution in [0.25, 0.3) is 0 Å². The summed E-state index contributed by atoms with van der Waals surface area (Å²) in [5.74, 6) is 0. The van der Waals surface area contributed by atoms with Gasteiger partial charge in [-0.3, -0.25) is 5.32 Å². The third-order valence-electron chi connectivity index (χ3n) is 1.82. The zero-order valence-electron chi connectivity index (χ0n) is 8.71. The minimum Gasteiger partial charge on any atom is -0.271 e. The van der Waals surface area contributed by atoms with Crippen LogP contribution in [0.15, 0.2) is 21.6 Å². The number of halogens is 2. The second-order valence-corrected chi connectivity index (χ2v) is 4.97. The molecule has 1 N–H and O–H groups in total. The van der Waals surface area contributed by atoms with E-state index in [9.17, 15) is 0 Å². The number of aliphatic imine (C=N–C) groups is 1. The number of nitrogens with one attached hydrogen (secondary N) is 1. The molecule has 16 heavy (non-hydrogen) atoms. The molecule has 0 radical (unpaired) electrons. The summed E-state index contributed by atoms with van der Waals surface area (Å²) in [6.07, 6.45) is 3.69. The predicted octanol–water partition coefficient (Wildman–Crippen LogP) is 3.83. The highest BCUT2D eigenvalue weighted by molar-refractivity contribution is 9.10. The normalized spacial score (nSPS) is 11.1. The van der Waals surface area contributed by atoms with E-state index in [1.807, 2.05) is 25.4 Å². The standard InChI is InChI=1S/C10H9BrClN3S/c1-6-3-7(11)8(12)4-9(6)15-10(16-2)14-5-13/h3-4H,1-2H3,(H,14,15). The molecule has 0 atom stereocenters. The van der Waals surface area contributed by atoms with Gasteiger partial charge in [0.15, 0.2) is 11.4 Å². The van der Waals surface area contributed by atoms with Crippen molar-refractivity contribution in [1.82, 2.24) is 5.32 Å². The SMILES string of the molecule is CSC(=Nc1cc(Cl)c(Br)cc1C)NC#N. The van der Waals surface area contributed by atoms with Gasteiger partial charge in [-0.2, -0.15) is 5.26 Å². The van der Waals surface area contributed by atoms with E-state index in [1.165, 1.54) is 11.8 Å². The monoisotopic (exact) mass is 317 g/mol. The molecular weight excluding hydrogens is 310 g/mol. The Labute approximate surface area is 112 Å². The lowest BCUT2D eigenvalue weighted by molar-refractivity contribution is 1.27. The molecule has 0 aliphatic rings. The minimum atomic E-state index is 0.545. The molecule has 0 unspecified atom stereocenters. The Hall–Kier alpha value is -0.700. The van der Waals surface area contributed by atoms with Crippen LogP contribution in [0.3, 0.4) is 0 Å². The molecule has 1 rings (SSSR count). The summed E-state index contributed by atoms with van der Waals surface area (Å²) in [4.78, 5) is 4.31. The van der Waals surface area contributed by atoms with Crippen LogP contribution in [0, 0.1) is 18.4 Å². The molecule has 6 heteroatoms. The molecule has 0 saturated heterocycles. The second kappa shape index (κ2) is 6.14. The molecule has 0 bridgehead atoms. The molecule has 0 aliphatic heterocycles. The summed E-state index contributed by atoms with van der Waals surface area (Å²) < 4.78 is 0.838. The van der Waals surface area contributed by atoms with Crippen LogP contribution in [0.2, 0.25) is 5.02 Å². The lowest BCUT2D eigenvalue weighted by atomic mass is 10.2. The van der Waals surface area contributed by atoms with Gasteiger partial charge in [-0.15, -0.1) is 0 Å². The summed E-state index contributed by atoms with van der Waals surface area (Å²) in [5, 5.41) is 12.2. The minimum absolute atomic E-state index is 0.545. The Bertz CT molecular complexity index is 468. The first-order chi connectivity index (χ1) is 7.58. The lowest BCUT2D eigenvalue weighted by Crippen LogP contribution is -2.12. The van der Waals surface area contributed by atoms with Gasteiger partial charge in [0, 0.05) is 4.47 Å². The van der Waals surface area contributed by atoms with E-state index in [2.05, 4.69) is 26.2 Å². The fraction of sp³-hybridized carbons (Fsp3) is 0.200. The van der Waals surface area contributed by atoms with Gasteiger partial charge in [0.2, 0.25) is 0 Å². The van der Waals surface area contributed by atoms with E-state index in [0.29, 0.717) is 10.2 Å². The molecule has 1 aromatic carbocycles. The zero-order valence-corrected chi connectivity index (χ0v) is 11.9. The van der Waals surface area contributed by atoms with Crippen molar-refractivity contribution in [3.8, 4) is 6.19 Å². The maximum absolute atomic E-state index is 8.52. The first-order valence-corrected chi connectivity index (χ1v) is 6.71. The smallest absolute Gasteiger partial charge is 0.183 e. The fourth-order valence-corrected chi connectivity index (χ4v) is 1.99. The number of amidine groups is 1. The molecule has 0 aromatic heterocycles. The van der Waals surface area contributed by atoms with E-state index in [-0.39, 0.29) is 0 Å². The maximum Gasteiger partial charge on any atom is 0.183 e. The average molecular weight is 319 g/mol. The van der Waals surface area contributed by atoms with Gasteiger partial charge in [0.1, 0.15) is 0 Å². The Kier molecular flexibility index (Phi) is 5.13. The van der Waals surface area contributed by atoms with Gasteiger partial charge in [-0.1, -0.05) is 23.4 Å². The van der Waals surface area contributed by atoms with Crippen molar-refractivity contribution in [2.75, 3.05) is 6.26 Å². The van der Waals surface area contributed by atoms with Crippen molar-refractivity contribution in [3.63, 3.8) is 0 Å². The molecule has 84 valence electrons. The molecule has 1 aromatic rings. The second-order valence-electron chi connectivity index (χ2n) is 2.91. The highest BCUT2D eigenvalue weighted by atomic mass is 79.9. The van der Waals surface area contributed by atoms with Gasteiger partial charge < -0.3 is 0 Å². The summed E-state index contributed by atoms with van der Waals surface area (Å²) in [5.41, 5.74) is 1.74. The average Bonchev–Trinajstić information content (AvgIpc) is 2.25. The van der Waals surface area contributed by atoms with Gasteiger partial charge in [-0.25, -0.2) is 4.99 Å². The molecule has 0 amide bonds. The highest BCUT2D eigenvalue weighted by Crippen LogP contribution is 2.30. The van der Waals surface area contributed by atoms with Crippen molar-refractivity contribution < 1.29 is 0 Å². The van der Waals surface area contributed by atoms with Crippen LogP contribution < -0.4 is 5.32 Å². The Morgan fingerprint density at radius 1 is 1.62 bits per heavy atom.